The standard InChI is InChI=1S/C19H14ClFN2O/c20-17-12-15(21)6-7-16(17)19(24)23-18(13-4-2-1-3-5-13)14-8-10-22-11-9-14/h1-12,18H,(H,23,24)/t18-/m1/s1. The fraction of sp³-hybridized carbons (Fsp3) is 0.0526. The van der Waals surface area contributed by atoms with E-state index in [1.807, 2.05) is 42.5 Å². The molecule has 1 aromatic heterocycles. The molecular formula is C19H14ClFN2O. The van der Waals surface area contributed by atoms with Crippen molar-refractivity contribution in [3.8, 4) is 0 Å². The van der Waals surface area contributed by atoms with Crippen molar-refractivity contribution in [2.45, 2.75) is 6.04 Å². The van der Waals surface area contributed by atoms with Crippen LogP contribution in [-0.4, -0.2) is 10.9 Å². The van der Waals surface area contributed by atoms with Crippen LogP contribution in [0.5, 0.6) is 0 Å². The number of hydrogen-bond donors (Lipinski definition) is 1. The Morgan fingerprint density at radius 2 is 1.67 bits per heavy atom. The first-order valence-corrected chi connectivity index (χ1v) is 7.74. The molecule has 24 heavy (non-hydrogen) atoms. The molecule has 0 aliphatic heterocycles. The number of rotatable bonds is 4. The summed E-state index contributed by atoms with van der Waals surface area (Å²) < 4.78 is 13.2. The van der Waals surface area contributed by atoms with Gasteiger partial charge in [-0.2, -0.15) is 0 Å². The minimum Gasteiger partial charge on any atom is -0.341 e. The summed E-state index contributed by atoms with van der Waals surface area (Å²) in [7, 11) is 0. The van der Waals surface area contributed by atoms with Gasteiger partial charge in [0.25, 0.3) is 5.91 Å². The van der Waals surface area contributed by atoms with E-state index >= 15 is 0 Å². The molecule has 0 spiro atoms. The number of benzene rings is 2. The first-order valence-electron chi connectivity index (χ1n) is 7.36. The van der Waals surface area contributed by atoms with Gasteiger partial charge in [-0.25, -0.2) is 4.39 Å². The van der Waals surface area contributed by atoms with Gasteiger partial charge in [0, 0.05) is 12.4 Å². The van der Waals surface area contributed by atoms with Crippen LogP contribution in [0.1, 0.15) is 27.5 Å². The number of amides is 1. The molecule has 1 amide bonds. The van der Waals surface area contributed by atoms with Crippen LogP contribution in [0.4, 0.5) is 4.39 Å². The third-order valence-corrected chi connectivity index (χ3v) is 3.94. The van der Waals surface area contributed by atoms with Crippen LogP contribution in [0, 0.1) is 5.82 Å². The van der Waals surface area contributed by atoms with E-state index in [9.17, 15) is 9.18 Å². The SMILES string of the molecule is O=C(N[C@H](c1ccccc1)c1ccncc1)c1ccc(F)cc1Cl. The molecule has 3 aromatic rings. The van der Waals surface area contributed by atoms with E-state index in [1.54, 1.807) is 12.4 Å². The summed E-state index contributed by atoms with van der Waals surface area (Å²) in [5.74, 6) is -0.851. The van der Waals surface area contributed by atoms with Crippen molar-refractivity contribution < 1.29 is 9.18 Å². The highest BCUT2D eigenvalue weighted by molar-refractivity contribution is 6.33. The van der Waals surface area contributed by atoms with Crippen molar-refractivity contribution in [2.24, 2.45) is 0 Å². The minimum absolute atomic E-state index is 0.0778. The summed E-state index contributed by atoms with van der Waals surface area (Å²) in [6, 6.07) is 16.6. The Morgan fingerprint density at radius 1 is 1.00 bits per heavy atom. The van der Waals surface area contributed by atoms with E-state index in [1.165, 1.54) is 12.1 Å². The molecule has 1 atom stereocenters. The van der Waals surface area contributed by atoms with Crippen LogP contribution in [0.25, 0.3) is 0 Å². The Balaban J connectivity index is 1.94. The normalized spacial score (nSPS) is 11.8. The summed E-state index contributed by atoms with van der Waals surface area (Å²) in [5, 5.41) is 3.03. The van der Waals surface area contributed by atoms with Crippen molar-refractivity contribution >= 4 is 17.5 Å². The fourth-order valence-corrected chi connectivity index (χ4v) is 2.70. The Bertz CT molecular complexity index is 801. The zero-order chi connectivity index (χ0) is 16.9. The molecular weight excluding hydrogens is 327 g/mol. The number of aromatic nitrogens is 1. The molecule has 0 saturated carbocycles. The molecule has 1 heterocycles. The molecule has 3 nitrogen and oxygen atoms in total. The summed E-state index contributed by atoms with van der Waals surface area (Å²) in [6.45, 7) is 0. The Hall–Kier alpha value is -2.72. The third-order valence-electron chi connectivity index (χ3n) is 3.62. The highest BCUT2D eigenvalue weighted by atomic mass is 35.5. The number of pyridine rings is 1. The van der Waals surface area contributed by atoms with Crippen LogP contribution in [-0.2, 0) is 0 Å². The van der Waals surface area contributed by atoms with Crippen molar-refractivity contribution in [3.63, 3.8) is 0 Å². The van der Waals surface area contributed by atoms with Gasteiger partial charge in [-0.1, -0.05) is 41.9 Å². The molecule has 0 saturated heterocycles. The van der Waals surface area contributed by atoms with Crippen molar-refractivity contribution in [1.29, 1.82) is 0 Å². The molecule has 0 bridgehead atoms. The van der Waals surface area contributed by atoms with E-state index in [0.717, 1.165) is 17.2 Å². The van der Waals surface area contributed by atoms with Crippen LogP contribution >= 0.6 is 11.6 Å². The molecule has 0 radical (unpaired) electrons. The average molecular weight is 341 g/mol. The molecule has 0 fully saturated rings. The maximum absolute atomic E-state index is 13.2. The van der Waals surface area contributed by atoms with Crippen LogP contribution < -0.4 is 5.32 Å². The lowest BCUT2D eigenvalue weighted by Crippen LogP contribution is -2.29. The van der Waals surface area contributed by atoms with E-state index in [4.69, 9.17) is 11.6 Å². The number of halogens is 2. The Kier molecular flexibility index (Phi) is 4.87. The van der Waals surface area contributed by atoms with E-state index in [0.29, 0.717) is 0 Å². The van der Waals surface area contributed by atoms with Gasteiger partial charge in [0.15, 0.2) is 0 Å². The van der Waals surface area contributed by atoms with Crippen molar-refractivity contribution in [3.05, 3.63) is 101 Å². The average Bonchev–Trinajstić information content (AvgIpc) is 2.61. The minimum atomic E-state index is -0.481. The Morgan fingerprint density at radius 3 is 2.33 bits per heavy atom. The number of hydrogen-bond acceptors (Lipinski definition) is 2. The highest BCUT2D eigenvalue weighted by Gasteiger charge is 2.19. The molecule has 0 aliphatic carbocycles. The topological polar surface area (TPSA) is 42.0 Å². The van der Waals surface area contributed by atoms with Gasteiger partial charge in [-0.05, 0) is 41.5 Å². The first-order chi connectivity index (χ1) is 11.6. The maximum Gasteiger partial charge on any atom is 0.253 e. The second-order valence-electron chi connectivity index (χ2n) is 5.22. The zero-order valence-electron chi connectivity index (χ0n) is 12.6. The van der Waals surface area contributed by atoms with Gasteiger partial charge in [0.1, 0.15) is 5.82 Å². The van der Waals surface area contributed by atoms with Crippen LogP contribution in [0.15, 0.2) is 73.1 Å². The van der Waals surface area contributed by atoms with Crippen LogP contribution in [0.2, 0.25) is 5.02 Å². The van der Waals surface area contributed by atoms with E-state index in [-0.39, 0.29) is 22.5 Å². The van der Waals surface area contributed by atoms with E-state index < -0.39 is 5.82 Å². The van der Waals surface area contributed by atoms with E-state index in [2.05, 4.69) is 10.3 Å². The summed E-state index contributed by atoms with van der Waals surface area (Å²) >= 11 is 5.99. The Labute approximate surface area is 144 Å². The van der Waals surface area contributed by atoms with Gasteiger partial charge >= 0.3 is 0 Å². The van der Waals surface area contributed by atoms with Gasteiger partial charge in [0.05, 0.1) is 16.6 Å². The van der Waals surface area contributed by atoms with Crippen molar-refractivity contribution in [2.75, 3.05) is 0 Å². The van der Waals surface area contributed by atoms with Gasteiger partial charge < -0.3 is 5.32 Å². The number of carbonyl (C=O) groups is 1. The predicted molar refractivity (Wildman–Crippen MR) is 91.4 cm³/mol. The summed E-state index contributed by atoms with van der Waals surface area (Å²) in [6.07, 6.45) is 3.34. The maximum atomic E-state index is 13.2. The van der Waals surface area contributed by atoms with Gasteiger partial charge in [-0.3, -0.25) is 9.78 Å². The largest absolute Gasteiger partial charge is 0.341 e. The molecule has 5 heteroatoms. The molecule has 120 valence electrons. The summed E-state index contributed by atoms with van der Waals surface area (Å²) in [4.78, 5) is 16.6. The third kappa shape index (κ3) is 3.60. The number of carbonyl (C=O) groups excluding carboxylic acids is 1. The first kappa shape index (κ1) is 16.1. The smallest absolute Gasteiger partial charge is 0.253 e. The fourth-order valence-electron chi connectivity index (χ4n) is 2.44. The van der Waals surface area contributed by atoms with Crippen molar-refractivity contribution in [1.82, 2.24) is 10.3 Å². The lowest BCUT2D eigenvalue weighted by Gasteiger charge is -2.20. The zero-order valence-corrected chi connectivity index (χ0v) is 13.4. The summed E-state index contributed by atoms with van der Waals surface area (Å²) in [5.41, 5.74) is 2.05. The molecule has 2 aromatic carbocycles. The van der Waals surface area contributed by atoms with Gasteiger partial charge in [-0.15, -0.1) is 0 Å². The molecule has 1 N–H and O–H groups in total. The quantitative estimate of drug-likeness (QED) is 0.765. The lowest BCUT2D eigenvalue weighted by atomic mass is 9.99. The number of nitrogens with zero attached hydrogens (tertiary/aromatic N) is 1. The number of nitrogens with one attached hydrogen (secondary N) is 1. The lowest BCUT2D eigenvalue weighted by molar-refractivity contribution is 0.0943. The predicted octanol–water partition coefficient (Wildman–Crippen LogP) is 4.39. The van der Waals surface area contributed by atoms with Crippen LogP contribution in [0.3, 0.4) is 0 Å². The second-order valence-corrected chi connectivity index (χ2v) is 5.63. The molecule has 0 unspecified atom stereocenters. The molecule has 0 aliphatic rings. The monoisotopic (exact) mass is 340 g/mol. The highest BCUT2D eigenvalue weighted by Crippen LogP contribution is 2.23. The van der Waals surface area contributed by atoms with Gasteiger partial charge in [0.2, 0.25) is 0 Å². The molecule has 3 rings (SSSR count). The second kappa shape index (κ2) is 7.23.